The third-order valence-corrected chi connectivity index (χ3v) is 5.62. The highest BCUT2D eigenvalue weighted by molar-refractivity contribution is 9.13. The van der Waals surface area contributed by atoms with Crippen LogP contribution in [0.1, 0.15) is 45.4 Å². The van der Waals surface area contributed by atoms with Gasteiger partial charge in [-0.15, -0.1) is 0 Å². The van der Waals surface area contributed by atoms with Gasteiger partial charge in [-0.1, -0.05) is 6.07 Å². The lowest BCUT2D eigenvalue weighted by molar-refractivity contribution is 0.388. The molecule has 112 valence electrons. The molecule has 1 aliphatic carbocycles. The molecule has 0 spiro atoms. The van der Waals surface area contributed by atoms with E-state index in [0.29, 0.717) is 5.92 Å². The van der Waals surface area contributed by atoms with Crippen LogP contribution in [0.25, 0.3) is 11.3 Å². The van der Waals surface area contributed by atoms with Gasteiger partial charge in [-0.2, -0.15) is 0 Å². The molecule has 0 amide bonds. The number of benzene rings is 1. The normalized spacial score (nSPS) is 15.5. The molecule has 1 heterocycles. The number of hydrogen-bond acceptors (Lipinski definition) is 2. The van der Waals surface area contributed by atoms with Crippen molar-refractivity contribution in [2.75, 3.05) is 5.73 Å². The van der Waals surface area contributed by atoms with Gasteiger partial charge in [0.2, 0.25) is 0 Å². The maximum Gasteiger partial charge on any atom is 0.132 e. The van der Waals surface area contributed by atoms with Gasteiger partial charge in [0.1, 0.15) is 17.3 Å². The maximum atomic E-state index is 6.45. The number of nitrogens with zero attached hydrogens (tertiary/aromatic N) is 2. The van der Waals surface area contributed by atoms with E-state index in [9.17, 15) is 0 Å². The van der Waals surface area contributed by atoms with E-state index in [1.54, 1.807) is 0 Å². The Hall–Kier alpha value is -0.810. The molecular weight excluding hydrogens is 394 g/mol. The Morgan fingerprint density at radius 1 is 1.19 bits per heavy atom. The van der Waals surface area contributed by atoms with Crippen molar-refractivity contribution >= 4 is 37.7 Å². The lowest BCUT2D eigenvalue weighted by Crippen LogP contribution is -2.25. The van der Waals surface area contributed by atoms with Crippen LogP contribution in [-0.2, 0) is 5.54 Å². The molecule has 0 saturated heterocycles. The average molecular weight is 413 g/mol. The van der Waals surface area contributed by atoms with E-state index >= 15 is 0 Å². The fourth-order valence-electron chi connectivity index (χ4n) is 2.63. The van der Waals surface area contributed by atoms with Crippen LogP contribution < -0.4 is 5.73 Å². The van der Waals surface area contributed by atoms with Crippen molar-refractivity contribution in [2.24, 2.45) is 0 Å². The molecule has 2 aromatic rings. The monoisotopic (exact) mass is 411 g/mol. The molecule has 0 aliphatic heterocycles. The van der Waals surface area contributed by atoms with Crippen molar-refractivity contribution in [1.29, 1.82) is 0 Å². The summed E-state index contributed by atoms with van der Waals surface area (Å²) in [5.41, 5.74) is 8.33. The van der Waals surface area contributed by atoms with Crippen molar-refractivity contribution in [1.82, 2.24) is 9.55 Å². The zero-order valence-electron chi connectivity index (χ0n) is 12.5. The molecule has 1 aromatic heterocycles. The summed E-state index contributed by atoms with van der Waals surface area (Å²) in [6.45, 7) is 6.54. The molecule has 21 heavy (non-hydrogen) atoms. The van der Waals surface area contributed by atoms with Crippen LogP contribution in [0.3, 0.4) is 0 Å². The Labute approximate surface area is 142 Å². The standard InChI is InChI=1S/C16H19Br2N3/c1-16(2,3)21-14(19)13(20-15(21)9-4-5-9)10-6-7-11(17)12(18)8-10/h6-9H,4-5,19H2,1-3H3. The van der Waals surface area contributed by atoms with Crippen LogP contribution in [0.5, 0.6) is 0 Å². The molecular formula is C16H19Br2N3. The second-order valence-corrected chi connectivity index (χ2v) is 8.32. The molecule has 3 rings (SSSR count). The first kappa shape index (κ1) is 15.1. The van der Waals surface area contributed by atoms with Gasteiger partial charge < -0.3 is 10.3 Å². The average Bonchev–Trinajstić information content (AvgIpc) is 3.15. The summed E-state index contributed by atoms with van der Waals surface area (Å²) in [6, 6.07) is 6.13. The van der Waals surface area contributed by atoms with Gasteiger partial charge in [0, 0.05) is 26.0 Å². The van der Waals surface area contributed by atoms with Crippen LogP contribution >= 0.6 is 31.9 Å². The second kappa shape index (κ2) is 5.13. The van der Waals surface area contributed by atoms with E-state index in [4.69, 9.17) is 10.7 Å². The number of nitrogen functional groups attached to an aromatic ring is 1. The maximum absolute atomic E-state index is 6.45. The number of hydrogen-bond donors (Lipinski definition) is 1. The highest BCUT2D eigenvalue weighted by Gasteiger charge is 2.34. The predicted octanol–water partition coefficient (Wildman–Crippen LogP) is 5.29. The van der Waals surface area contributed by atoms with Crippen molar-refractivity contribution in [3.63, 3.8) is 0 Å². The van der Waals surface area contributed by atoms with E-state index in [0.717, 1.165) is 31.8 Å². The van der Waals surface area contributed by atoms with Gasteiger partial charge in [0.05, 0.1) is 0 Å². The van der Waals surface area contributed by atoms with Crippen molar-refractivity contribution in [3.05, 3.63) is 33.0 Å². The zero-order valence-corrected chi connectivity index (χ0v) is 15.6. The fraction of sp³-hybridized carbons (Fsp3) is 0.438. The van der Waals surface area contributed by atoms with E-state index < -0.39 is 0 Å². The van der Waals surface area contributed by atoms with Gasteiger partial charge in [-0.25, -0.2) is 4.98 Å². The van der Waals surface area contributed by atoms with Crippen LogP contribution in [0.15, 0.2) is 27.1 Å². The SMILES string of the molecule is CC(C)(C)n1c(C2CC2)nc(-c2ccc(Br)c(Br)c2)c1N. The Bertz CT molecular complexity index is 694. The van der Waals surface area contributed by atoms with Crippen molar-refractivity contribution in [3.8, 4) is 11.3 Å². The number of nitrogens with two attached hydrogens (primary N) is 1. The molecule has 5 heteroatoms. The van der Waals surface area contributed by atoms with Crippen molar-refractivity contribution in [2.45, 2.75) is 45.1 Å². The summed E-state index contributed by atoms with van der Waals surface area (Å²) in [7, 11) is 0. The fourth-order valence-corrected chi connectivity index (χ4v) is 3.25. The van der Waals surface area contributed by atoms with E-state index in [1.165, 1.54) is 12.8 Å². The highest BCUT2D eigenvalue weighted by Crippen LogP contribution is 2.44. The lowest BCUT2D eigenvalue weighted by Gasteiger charge is -2.25. The lowest BCUT2D eigenvalue weighted by atomic mass is 10.1. The van der Waals surface area contributed by atoms with Gasteiger partial charge in [-0.05, 0) is 77.6 Å². The molecule has 0 unspecified atom stereocenters. The van der Waals surface area contributed by atoms with Gasteiger partial charge in [0.25, 0.3) is 0 Å². The molecule has 0 radical (unpaired) electrons. The number of aromatic nitrogens is 2. The van der Waals surface area contributed by atoms with Gasteiger partial charge >= 0.3 is 0 Å². The van der Waals surface area contributed by atoms with Gasteiger partial charge in [0.15, 0.2) is 0 Å². The van der Waals surface area contributed by atoms with Crippen LogP contribution in [-0.4, -0.2) is 9.55 Å². The molecule has 1 aromatic carbocycles. The molecule has 3 nitrogen and oxygen atoms in total. The first-order valence-electron chi connectivity index (χ1n) is 7.13. The van der Waals surface area contributed by atoms with Crippen LogP contribution in [0.4, 0.5) is 5.82 Å². The molecule has 1 aliphatic rings. The number of halogens is 2. The summed E-state index contributed by atoms with van der Waals surface area (Å²) in [5, 5.41) is 0. The molecule has 1 saturated carbocycles. The molecule has 0 bridgehead atoms. The van der Waals surface area contributed by atoms with E-state index in [-0.39, 0.29) is 5.54 Å². The number of imidazole rings is 1. The molecule has 0 atom stereocenters. The Morgan fingerprint density at radius 3 is 2.38 bits per heavy atom. The Morgan fingerprint density at radius 2 is 1.86 bits per heavy atom. The molecule has 2 N–H and O–H groups in total. The minimum absolute atomic E-state index is 0.0557. The summed E-state index contributed by atoms with van der Waals surface area (Å²) < 4.78 is 4.25. The highest BCUT2D eigenvalue weighted by atomic mass is 79.9. The summed E-state index contributed by atoms with van der Waals surface area (Å²) >= 11 is 7.05. The summed E-state index contributed by atoms with van der Waals surface area (Å²) in [6.07, 6.45) is 2.44. The predicted molar refractivity (Wildman–Crippen MR) is 94.4 cm³/mol. The summed E-state index contributed by atoms with van der Waals surface area (Å²) in [4.78, 5) is 4.88. The van der Waals surface area contributed by atoms with E-state index in [1.807, 2.05) is 6.07 Å². The molecule has 1 fully saturated rings. The second-order valence-electron chi connectivity index (χ2n) is 6.61. The third-order valence-electron chi connectivity index (χ3n) is 3.75. The first-order valence-corrected chi connectivity index (χ1v) is 8.71. The smallest absolute Gasteiger partial charge is 0.132 e. The minimum atomic E-state index is -0.0557. The number of anilines is 1. The van der Waals surface area contributed by atoms with Gasteiger partial charge in [-0.3, -0.25) is 0 Å². The van der Waals surface area contributed by atoms with Crippen molar-refractivity contribution < 1.29 is 0 Å². The Balaban J connectivity index is 2.17. The van der Waals surface area contributed by atoms with Crippen LogP contribution in [0.2, 0.25) is 0 Å². The first-order chi connectivity index (χ1) is 9.79. The zero-order chi connectivity index (χ0) is 15.4. The minimum Gasteiger partial charge on any atom is -0.383 e. The summed E-state index contributed by atoms with van der Waals surface area (Å²) in [5.74, 6) is 2.46. The third kappa shape index (κ3) is 2.78. The topological polar surface area (TPSA) is 43.8 Å². The Kier molecular flexibility index (Phi) is 3.69. The van der Waals surface area contributed by atoms with E-state index in [2.05, 4.69) is 69.3 Å². The van der Waals surface area contributed by atoms with Crippen LogP contribution in [0, 0.1) is 0 Å². The number of rotatable bonds is 2. The largest absolute Gasteiger partial charge is 0.383 e. The quantitative estimate of drug-likeness (QED) is 0.728.